The van der Waals surface area contributed by atoms with Crippen LogP contribution in [-0.2, 0) is 0 Å². The van der Waals surface area contributed by atoms with Gasteiger partial charge in [0.05, 0.1) is 10.2 Å². The molecular formula is C19H26ClN5OS. The van der Waals surface area contributed by atoms with Crippen molar-refractivity contribution in [1.82, 2.24) is 19.7 Å². The second-order valence-electron chi connectivity index (χ2n) is 6.93. The molecule has 6 nitrogen and oxygen atoms in total. The highest BCUT2D eigenvalue weighted by Gasteiger charge is 2.25. The first-order valence-corrected chi connectivity index (χ1v) is 9.56. The number of aromatic nitrogens is 3. The lowest BCUT2D eigenvalue weighted by atomic mass is 10.2. The molecule has 0 N–H and O–H groups in total. The molecule has 1 aromatic carbocycles. The van der Waals surface area contributed by atoms with Gasteiger partial charge in [-0.15, -0.1) is 12.4 Å². The van der Waals surface area contributed by atoms with Gasteiger partial charge in [0, 0.05) is 25.3 Å². The second-order valence-corrected chi connectivity index (χ2v) is 7.94. The van der Waals surface area contributed by atoms with Crippen molar-refractivity contribution in [3.63, 3.8) is 0 Å². The minimum Gasteiger partial charge on any atom is -0.308 e. The van der Waals surface area contributed by atoms with Gasteiger partial charge in [-0.3, -0.25) is 14.4 Å². The molecule has 0 aliphatic carbocycles. The Kier molecular flexibility index (Phi) is 6.97. The van der Waals surface area contributed by atoms with E-state index in [9.17, 15) is 4.79 Å². The van der Waals surface area contributed by atoms with Crippen molar-refractivity contribution < 1.29 is 4.79 Å². The van der Waals surface area contributed by atoms with E-state index in [4.69, 9.17) is 4.98 Å². The topological polar surface area (TPSA) is 54.3 Å². The van der Waals surface area contributed by atoms with Crippen LogP contribution in [0.3, 0.4) is 0 Å². The number of aryl methyl sites for hydroxylation is 1. The van der Waals surface area contributed by atoms with Gasteiger partial charge in [-0.05, 0) is 52.6 Å². The molecule has 0 saturated carbocycles. The van der Waals surface area contributed by atoms with Crippen LogP contribution in [0.5, 0.6) is 0 Å². The molecule has 3 aromatic rings. The number of para-hydroxylation sites is 1. The van der Waals surface area contributed by atoms with Gasteiger partial charge in [0.25, 0.3) is 5.91 Å². The van der Waals surface area contributed by atoms with Crippen LogP contribution in [-0.4, -0.2) is 52.8 Å². The zero-order valence-electron chi connectivity index (χ0n) is 16.3. The van der Waals surface area contributed by atoms with Crippen molar-refractivity contribution in [3.05, 3.63) is 41.7 Å². The maximum atomic E-state index is 13.3. The average Bonchev–Trinajstić information content (AvgIpc) is 3.22. The van der Waals surface area contributed by atoms with E-state index in [0.717, 1.165) is 27.5 Å². The summed E-state index contributed by atoms with van der Waals surface area (Å²) in [5, 5.41) is 5.04. The SMILES string of the molecule is Cc1cccc2sc(N(CCN(C)C)C(=O)c3ccnn3C(C)C)nc12.Cl. The van der Waals surface area contributed by atoms with E-state index < -0.39 is 0 Å². The van der Waals surface area contributed by atoms with E-state index in [1.54, 1.807) is 33.2 Å². The van der Waals surface area contributed by atoms with E-state index in [-0.39, 0.29) is 24.4 Å². The first-order valence-electron chi connectivity index (χ1n) is 8.74. The Labute approximate surface area is 170 Å². The lowest BCUT2D eigenvalue weighted by Gasteiger charge is -2.22. The molecule has 0 spiro atoms. The fraction of sp³-hybridized carbons (Fsp3) is 0.421. The highest BCUT2D eigenvalue weighted by molar-refractivity contribution is 7.22. The number of benzene rings is 1. The minimum absolute atomic E-state index is 0. The quantitative estimate of drug-likeness (QED) is 0.619. The van der Waals surface area contributed by atoms with Crippen LogP contribution in [0.15, 0.2) is 30.5 Å². The predicted molar refractivity (Wildman–Crippen MR) is 114 cm³/mol. The summed E-state index contributed by atoms with van der Waals surface area (Å²) in [6.45, 7) is 7.43. The Hall–Kier alpha value is -1.96. The largest absolute Gasteiger partial charge is 0.308 e. The number of hydrogen-bond acceptors (Lipinski definition) is 5. The summed E-state index contributed by atoms with van der Waals surface area (Å²) in [4.78, 5) is 21.9. The zero-order chi connectivity index (χ0) is 18.8. The molecule has 146 valence electrons. The third-order valence-electron chi connectivity index (χ3n) is 4.23. The lowest BCUT2D eigenvalue weighted by Crippen LogP contribution is -2.38. The van der Waals surface area contributed by atoms with Gasteiger partial charge in [-0.2, -0.15) is 5.10 Å². The van der Waals surface area contributed by atoms with Crippen LogP contribution in [0.2, 0.25) is 0 Å². The van der Waals surface area contributed by atoms with Gasteiger partial charge >= 0.3 is 0 Å². The summed E-state index contributed by atoms with van der Waals surface area (Å²) in [7, 11) is 4.01. The van der Waals surface area contributed by atoms with Crippen LogP contribution >= 0.6 is 23.7 Å². The van der Waals surface area contributed by atoms with Crippen LogP contribution in [0.25, 0.3) is 10.2 Å². The van der Waals surface area contributed by atoms with Gasteiger partial charge in [-0.1, -0.05) is 23.5 Å². The number of rotatable bonds is 6. The van der Waals surface area contributed by atoms with Crippen molar-refractivity contribution in [2.24, 2.45) is 0 Å². The molecule has 0 saturated heterocycles. The van der Waals surface area contributed by atoms with Gasteiger partial charge in [0.1, 0.15) is 5.69 Å². The fourth-order valence-electron chi connectivity index (χ4n) is 2.81. The van der Waals surface area contributed by atoms with Crippen molar-refractivity contribution in [1.29, 1.82) is 0 Å². The summed E-state index contributed by atoms with van der Waals surface area (Å²) < 4.78 is 2.86. The molecule has 3 rings (SSSR count). The number of carbonyl (C=O) groups is 1. The van der Waals surface area contributed by atoms with Gasteiger partial charge < -0.3 is 4.90 Å². The van der Waals surface area contributed by atoms with E-state index in [0.29, 0.717) is 12.2 Å². The molecule has 0 aliphatic rings. The summed E-state index contributed by atoms with van der Waals surface area (Å²) >= 11 is 1.56. The number of halogens is 1. The molecule has 0 radical (unpaired) electrons. The van der Waals surface area contributed by atoms with Gasteiger partial charge in [-0.25, -0.2) is 4.98 Å². The number of anilines is 1. The van der Waals surface area contributed by atoms with Gasteiger partial charge in [0.15, 0.2) is 5.13 Å². The Balaban J connectivity index is 0.00000261. The molecule has 1 amide bonds. The molecule has 8 heteroatoms. The third kappa shape index (κ3) is 4.48. The molecule has 2 heterocycles. The Morgan fingerprint density at radius 1 is 1.22 bits per heavy atom. The van der Waals surface area contributed by atoms with E-state index in [1.165, 1.54) is 0 Å². The van der Waals surface area contributed by atoms with Crippen molar-refractivity contribution in [2.45, 2.75) is 26.8 Å². The fourth-order valence-corrected chi connectivity index (χ4v) is 3.88. The van der Waals surface area contributed by atoms with E-state index in [1.807, 2.05) is 47.0 Å². The standard InChI is InChI=1S/C19H25N5OS.ClH/c1-13(2)24-15(9-10-20-24)18(25)23(12-11-22(4)5)19-21-17-14(3)7-6-8-16(17)26-19;/h6-10,13H,11-12H2,1-5H3;1H. The highest BCUT2D eigenvalue weighted by atomic mass is 35.5. The Morgan fingerprint density at radius 3 is 2.59 bits per heavy atom. The zero-order valence-corrected chi connectivity index (χ0v) is 18.0. The molecule has 0 unspecified atom stereocenters. The first-order chi connectivity index (χ1) is 12.4. The number of hydrogen-bond donors (Lipinski definition) is 0. The molecule has 0 atom stereocenters. The number of thiazole rings is 1. The second kappa shape index (κ2) is 8.82. The Morgan fingerprint density at radius 2 is 1.96 bits per heavy atom. The molecule has 2 aromatic heterocycles. The molecule has 0 aliphatic heterocycles. The predicted octanol–water partition coefficient (Wildman–Crippen LogP) is 4.01. The van der Waals surface area contributed by atoms with Crippen LogP contribution in [0.1, 0.15) is 35.9 Å². The van der Waals surface area contributed by atoms with Gasteiger partial charge in [0.2, 0.25) is 0 Å². The third-order valence-corrected chi connectivity index (χ3v) is 5.28. The average molecular weight is 408 g/mol. The Bertz CT molecular complexity index is 918. The monoisotopic (exact) mass is 407 g/mol. The summed E-state index contributed by atoms with van der Waals surface area (Å²) in [6, 6.07) is 8.03. The lowest BCUT2D eigenvalue weighted by molar-refractivity contribution is 0.0973. The van der Waals surface area contributed by atoms with Crippen LogP contribution in [0, 0.1) is 6.92 Å². The van der Waals surface area contributed by atoms with E-state index in [2.05, 4.69) is 16.1 Å². The maximum absolute atomic E-state index is 13.3. The van der Waals surface area contributed by atoms with E-state index >= 15 is 0 Å². The molecule has 0 fully saturated rings. The van der Waals surface area contributed by atoms with Crippen molar-refractivity contribution in [3.8, 4) is 0 Å². The maximum Gasteiger partial charge on any atom is 0.278 e. The smallest absolute Gasteiger partial charge is 0.278 e. The van der Waals surface area contributed by atoms with Crippen molar-refractivity contribution >= 4 is 45.0 Å². The molecular weight excluding hydrogens is 382 g/mol. The van der Waals surface area contributed by atoms with Crippen LogP contribution < -0.4 is 4.90 Å². The highest BCUT2D eigenvalue weighted by Crippen LogP contribution is 2.31. The molecule has 0 bridgehead atoms. The first kappa shape index (κ1) is 21.3. The number of amides is 1. The summed E-state index contributed by atoms with van der Waals surface area (Å²) in [6.07, 6.45) is 1.68. The normalized spacial score (nSPS) is 11.2. The number of likely N-dealkylation sites (N-methyl/N-ethyl adjacent to an activating group) is 1. The summed E-state index contributed by atoms with van der Waals surface area (Å²) in [5.74, 6) is -0.0604. The molecule has 27 heavy (non-hydrogen) atoms. The number of nitrogens with zero attached hydrogens (tertiary/aromatic N) is 5. The van der Waals surface area contributed by atoms with Crippen LogP contribution in [0.4, 0.5) is 5.13 Å². The van der Waals surface area contributed by atoms with Crippen molar-refractivity contribution in [2.75, 3.05) is 32.1 Å². The minimum atomic E-state index is -0.0604. The number of fused-ring (bicyclic) bond motifs is 1. The summed E-state index contributed by atoms with van der Waals surface area (Å²) in [5.41, 5.74) is 2.68. The number of carbonyl (C=O) groups excluding carboxylic acids is 1.